The maximum Gasteiger partial charge on any atom is 0.235 e. The standard InChI is InChI=1S/C26H24ClN3O7/c1-30(2)20-14-8-11-7-13-12(10-3-6-16(27)29-9-10)4-5-15(31)18(13)21(32)17(11)23(34)26(14,37)24(35)19(22(20)33)25(28)36/h3-6,9,11,14,17,19-20,31,37H,7-8H2,1-2H3,(H2,28,36)/t11-,14-,17?,19?,20?,26+/m0/s1. The molecule has 1 aromatic carbocycles. The number of likely N-dealkylation sites (N-methyl/N-ethyl adjacent to an activating group) is 1. The number of Topliss-reactive ketones (excluding diaryl/α,β-unsaturated/α-hetero) is 4. The molecule has 5 rings (SSSR count). The number of nitrogens with two attached hydrogens (primary N) is 1. The Morgan fingerprint density at radius 3 is 2.43 bits per heavy atom. The zero-order valence-electron chi connectivity index (χ0n) is 20.0. The van der Waals surface area contributed by atoms with E-state index in [1.165, 1.54) is 17.2 Å². The number of amides is 1. The predicted octanol–water partition coefficient (Wildman–Crippen LogP) is 0.582. The summed E-state index contributed by atoms with van der Waals surface area (Å²) in [4.78, 5) is 71.6. The second-order valence-electron chi connectivity index (χ2n) is 10.1. The quantitative estimate of drug-likeness (QED) is 0.383. The molecule has 0 radical (unpaired) electrons. The van der Waals surface area contributed by atoms with Gasteiger partial charge in [0.05, 0.1) is 17.5 Å². The molecule has 3 aliphatic carbocycles. The molecule has 2 saturated carbocycles. The van der Waals surface area contributed by atoms with E-state index in [1.54, 1.807) is 32.3 Å². The second-order valence-corrected chi connectivity index (χ2v) is 10.5. The number of carbonyl (C=O) groups is 5. The molecule has 2 fully saturated rings. The lowest BCUT2D eigenvalue weighted by Crippen LogP contribution is -2.74. The zero-order valence-corrected chi connectivity index (χ0v) is 20.7. The fourth-order valence-electron chi connectivity index (χ4n) is 6.41. The lowest BCUT2D eigenvalue weighted by Gasteiger charge is -2.52. The van der Waals surface area contributed by atoms with E-state index in [1.807, 2.05) is 0 Å². The van der Waals surface area contributed by atoms with Crippen LogP contribution in [0.2, 0.25) is 5.15 Å². The maximum atomic E-state index is 13.8. The van der Waals surface area contributed by atoms with Gasteiger partial charge in [-0.25, -0.2) is 4.98 Å². The first kappa shape index (κ1) is 25.2. The van der Waals surface area contributed by atoms with Crippen LogP contribution >= 0.6 is 11.6 Å². The van der Waals surface area contributed by atoms with Crippen molar-refractivity contribution in [2.75, 3.05) is 14.1 Å². The molecule has 10 nitrogen and oxygen atoms in total. The van der Waals surface area contributed by atoms with E-state index in [-0.39, 0.29) is 29.3 Å². The molecular weight excluding hydrogens is 502 g/mol. The van der Waals surface area contributed by atoms with Crippen LogP contribution in [0.25, 0.3) is 11.1 Å². The molecule has 0 bridgehead atoms. The number of phenolic OH excluding ortho intramolecular Hbond substituents is 1. The van der Waals surface area contributed by atoms with Crippen LogP contribution in [0.1, 0.15) is 22.3 Å². The van der Waals surface area contributed by atoms with Crippen LogP contribution in [0, 0.1) is 23.7 Å². The molecule has 3 unspecified atom stereocenters. The van der Waals surface area contributed by atoms with Gasteiger partial charge in [0.15, 0.2) is 34.7 Å². The van der Waals surface area contributed by atoms with Gasteiger partial charge in [0.25, 0.3) is 0 Å². The van der Waals surface area contributed by atoms with E-state index < -0.39 is 64.4 Å². The number of rotatable bonds is 3. The number of phenols is 1. The molecule has 6 atom stereocenters. The predicted molar refractivity (Wildman–Crippen MR) is 130 cm³/mol. The van der Waals surface area contributed by atoms with Gasteiger partial charge in [-0.2, -0.15) is 0 Å². The van der Waals surface area contributed by atoms with Crippen LogP contribution in [0.3, 0.4) is 0 Å². The summed E-state index contributed by atoms with van der Waals surface area (Å²) in [5.74, 6) is -10.8. The highest BCUT2D eigenvalue weighted by Gasteiger charge is 2.69. The Labute approximate surface area is 216 Å². The number of aromatic hydroxyl groups is 1. The molecule has 1 amide bonds. The average molecular weight is 526 g/mol. The van der Waals surface area contributed by atoms with Crippen molar-refractivity contribution in [3.63, 3.8) is 0 Å². The lowest BCUT2D eigenvalue weighted by atomic mass is 9.52. The maximum absolute atomic E-state index is 13.8. The minimum atomic E-state index is -2.75. The summed E-state index contributed by atoms with van der Waals surface area (Å²) >= 11 is 5.91. The van der Waals surface area contributed by atoms with E-state index in [0.29, 0.717) is 16.7 Å². The Morgan fingerprint density at radius 2 is 1.84 bits per heavy atom. The number of fused-ring (bicyclic) bond motifs is 3. The summed E-state index contributed by atoms with van der Waals surface area (Å²) in [6, 6.07) is 5.13. The number of hydrogen-bond acceptors (Lipinski definition) is 9. The van der Waals surface area contributed by atoms with Gasteiger partial charge in [0.2, 0.25) is 5.91 Å². The van der Waals surface area contributed by atoms with Crippen molar-refractivity contribution < 1.29 is 34.2 Å². The number of primary amides is 1. The summed E-state index contributed by atoms with van der Waals surface area (Å²) < 4.78 is 0. The minimum Gasteiger partial charge on any atom is -0.507 e. The summed E-state index contributed by atoms with van der Waals surface area (Å²) in [5.41, 5.74) is 4.27. The van der Waals surface area contributed by atoms with E-state index in [0.717, 1.165) is 0 Å². The molecule has 11 heteroatoms. The molecule has 0 spiro atoms. The lowest BCUT2D eigenvalue weighted by molar-refractivity contribution is -0.181. The number of pyridine rings is 1. The first-order chi connectivity index (χ1) is 17.4. The van der Waals surface area contributed by atoms with Crippen molar-refractivity contribution >= 4 is 40.6 Å². The van der Waals surface area contributed by atoms with Crippen molar-refractivity contribution in [3.8, 4) is 16.9 Å². The van der Waals surface area contributed by atoms with Crippen LogP contribution in [0.15, 0.2) is 30.5 Å². The van der Waals surface area contributed by atoms with Gasteiger partial charge in [0, 0.05) is 17.7 Å². The van der Waals surface area contributed by atoms with E-state index in [9.17, 15) is 34.2 Å². The number of nitrogens with zero attached hydrogens (tertiary/aromatic N) is 2. The van der Waals surface area contributed by atoms with Gasteiger partial charge >= 0.3 is 0 Å². The largest absolute Gasteiger partial charge is 0.507 e. The highest BCUT2D eigenvalue weighted by atomic mass is 35.5. The fourth-order valence-corrected chi connectivity index (χ4v) is 6.52. The van der Waals surface area contributed by atoms with Crippen molar-refractivity contribution in [3.05, 3.63) is 46.7 Å². The Morgan fingerprint density at radius 1 is 1.14 bits per heavy atom. The van der Waals surface area contributed by atoms with E-state index >= 15 is 0 Å². The zero-order chi connectivity index (χ0) is 27.0. The van der Waals surface area contributed by atoms with Gasteiger partial charge in [-0.05, 0) is 62.2 Å². The third-order valence-corrected chi connectivity index (χ3v) is 8.21. The third-order valence-electron chi connectivity index (χ3n) is 7.98. The summed E-state index contributed by atoms with van der Waals surface area (Å²) in [7, 11) is 3.08. The smallest absolute Gasteiger partial charge is 0.235 e. The van der Waals surface area contributed by atoms with E-state index in [2.05, 4.69) is 4.98 Å². The molecule has 1 aromatic heterocycles. The Hall–Kier alpha value is -3.47. The van der Waals surface area contributed by atoms with Gasteiger partial charge in [-0.3, -0.25) is 28.9 Å². The number of carbonyl (C=O) groups excluding carboxylic acids is 5. The number of hydrogen-bond donors (Lipinski definition) is 3. The van der Waals surface area contributed by atoms with Gasteiger partial charge in [-0.15, -0.1) is 0 Å². The van der Waals surface area contributed by atoms with Crippen LogP contribution in [0.4, 0.5) is 0 Å². The first-order valence-electron chi connectivity index (χ1n) is 11.7. The third kappa shape index (κ3) is 3.47. The summed E-state index contributed by atoms with van der Waals surface area (Å²) in [5, 5.41) is 22.5. The Bertz CT molecular complexity index is 1390. The summed E-state index contributed by atoms with van der Waals surface area (Å²) in [6.45, 7) is 0. The molecule has 37 heavy (non-hydrogen) atoms. The van der Waals surface area contributed by atoms with Crippen molar-refractivity contribution in [2.24, 2.45) is 29.4 Å². The molecule has 0 saturated heterocycles. The molecule has 4 N–H and O–H groups in total. The SMILES string of the molecule is CN(C)C1C(=O)C(C(N)=O)C(=O)[C@]2(O)C(=O)C3C(=O)c4c(O)ccc(-c5ccc(Cl)nc5)c4C[C@H]3C[C@@H]12. The number of benzene rings is 1. The molecule has 1 heterocycles. The highest BCUT2D eigenvalue weighted by molar-refractivity contribution is 6.32. The van der Waals surface area contributed by atoms with Crippen molar-refractivity contribution in [2.45, 2.75) is 24.5 Å². The normalized spacial score (nSPS) is 31.1. The van der Waals surface area contributed by atoms with Crippen LogP contribution in [-0.4, -0.2) is 74.9 Å². The molecule has 2 aromatic rings. The molecule has 3 aliphatic rings. The molecule has 192 valence electrons. The number of ketones is 4. The second kappa shape index (κ2) is 8.54. The number of aliphatic hydroxyl groups is 1. The fraction of sp³-hybridized carbons (Fsp3) is 0.385. The van der Waals surface area contributed by atoms with Crippen molar-refractivity contribution in [1.29, 1.82) is 0 Å². The number of halogens is 1. The average Bonchev–Trinajstić information content (AvgIpc) is 2.82. The van der Waals surface area contributed by atoms with Crippen LogP contribution in [0.5, 0.6) is 5.75 Å². The summed E-state index contributed by atoms with van der Waals surface area (Å²) in [6.07, 6.45) is 1.68. The topological polar surface area (TPSA) is 168 Å². The van der Waals surface area contributed by atoms with Crippen LogP contribution < -0.4 is 5.73 Å². The van der Waals surface area contributed by atoms with Crippen LogP contribution in [-0.2, 0) is 25.6 Å². The van der Waals surface area contributed by atoms with Gasteiger partial charge in [-0.1, -0.05) is 17.7 Å². The van der Waals surface area contributed by atoms with E-state index in [4.69, 9.17) is 17.3 Å². The highest BCUT2D eigenvalue weighted by Crippen LogP contribution is 2.51. The first-order valence-corrected chi connectivity index (χ1v) is 12.1. The monoisotopic (exact) mass is 525 g/mol. The van der Waals surface area contributed by atoms with Gasteiger partial charge < -0.3 is 15.9 Å². The van der Waals surface area contributed by atoms with Crippen molar-refractivity contribution in [1.82, 2.24) is 9.88 Å². The molecule has 0 aliphatic heterocycles. The number of aromatic nitrogens is 1. The Balaban J connectivity index is 1.66. The van der Waals surface area contributed by atoms with Gasteiger partial charge in [0.1, 0.15) is 10.9 Å². The minimum absolute atomic E-state index is 0.0160. The Kier molecular flexibility index (Phi) is 5.82. The molecular formula is C26H24ClN3O7.